The van der Waals surface area contributed by atoms with E-state index in [9.17, 15) is 0 Å². The van der Waals surface area contributed by atoms with Crippen molar-refractivity contribution in [2.45, 2.75) is 65.0 Å². The Labute approximate surface area is 158 Å². The minimum Gasteiger partial charge on any atom is -0.338 e. The lowest BCUT2D eigenvalue weighted by molar-refractivity contribution is 0.157. The fraction of sp³-hybridized carbons (Fsp3) is 0.591. The second-order valence-corrected chi connectivity index (χ2v) is 7.39. The van der Waals surface area contributed by atoms with Gasteiger partial charge < -0.3 is 10.6 Å². The number of aliphatic imine (C=N–C) groups is 1. The van der Waals surface area contributed by atoms with Crippen LogP contribution in [-0.2, 0) is 0 Å². The number of nitrogens with two attached hydrogens (primary N) is 1. The predicted molar refractivity (Wildman–Crippen MR) is 112 cm³/mol. The van der Waals surface area contributed by atoms with Crippen LogP contribution in [0.4, 0.5) is 11.4 Å². The van der Waals surface area contributed by atoms with Crippen LogP contribution < -0.4 is 10.6 Å². The zero-order valence-electron chi connectivity index (χ0n) is 16.7. The smallest absolute Gasteiger partial charge is 0.115 e. The van der Waals surface area contributed by atoms with Gasteiger partial charge in [-0.05, 0) is 44.5 Å². The summed E-state index contributed by atoms with van der Waals surface area (Å²) in [6, 6.07) is 8.50. The predicted octanol–water partition coefficient (Wildman–Crippen LogP) is 4.83. The van der Waals surface area contributed by atoms with Crippen molar-refractivity contribution >= 4 is 17.1 Å². The highest BCUT2D eigenvalue weighted by molar-refractivity contribution is 6.13. The number of nitrogens with zero attached hydrogens (tertiary/aromatic N) is 3. The molecule has 0 amide bonds. The number of unbranched alkanes of at least 4 members (excludes halogenated alkanes) is 3. The topological polar surface area (TPSA) is 44.9 Å². The SMILES string of the molecule is CCCCCCN1C2=CCCC(N)(N(CC)CC)C2=Nc2ccccc21. The first-order chi connectivity index (χ1) is 12.7. The molecule has 0 aromatic heterocycles. The molecular weight excluding hydrogens is 320 g/mol. The highest BCUT2D eigenvalue weighted by atomic mass is 15.3. The van der Waals surface area contributed by atoms with Crippen molar-refractivity contribution in [3.8, 4) is 0 Å². The molecule has 0 saturated carbocycles. The number of anilines is 1. The van der Waals surface area contributed by atoms with Crippen LogP contribution in [0.2, 0.25) is 0 Å². The zero-order valence-corrected chi connectivity index (χ0v) is 16.7. The third-order valence-electron chi connectivity index (χ3n) is 5.77. The van der Waals surface area contributed by atoms with Gasteiger partial charge in [0.15, 0.2) is 0 Å². The van der Waals surface area contributed by atoms with Gasteiger partial charge in [-0.3, -0.25) is 4.90 Å². The number of rotatable bonds is 8. The third kappa shape index (κ3) is 3.45. The van der Waals surface area contributed by atoms with Crippen LogP contribution in [0.15, 0.2) is 41.0 Å². The summed E-state index contributed by atoms with van der Waals surface area (Å²) in [5, 5.41) is 0. The molecule has 26 heavy (non-hydrogen) atoms. The number of benzene rings is 1. The Morgan fingerprint density at radius 3 is 2.62 bits per heavy atom. The monoisotopic (exact) mass is 354 g/mol. The third-order valence-corrected chi connectivity index (χ3v) is 5.77. The molecule has 1 heterocycles. The summed E-state index contributed by atoms with van der Waals surface area (Å²) in [5.74, 6) is 0. The average molecular weight is 355 g/mol. The van der Waals surface area contributed by atoms with E-state index in [4.69, 9.17) is 10.7 Å². The molecule has 2 N–H and O–H groups in total. The zero-order chi connectivity index (χ0) is 18.6. The molecule has 1 aliphatic carbocycles. The molecule has 1 aromatic rings. The van der Waals surface area contributed by atoms with Gasteiger partial charge in [0, 0.05) is 6.54 Å². The largest absolute Gasteiger partial charge is 0.338 e. The first-order valence-electron chi connectivity index (χ1n) is 10.4. The van der Waals surface area contributed by atoms with Gasteiger partial charge in [-0.15, -0.1) is 0 Å². The highest BCUT2D eigenvalue weighted by Gasteiger charge is 2.43. The molecule has 4 nitrogen and oxygen atoms in total. The van der Waals surface area contributed by atoms with E-state index < -0.39 is 5.66 Å². The van der Waals surface area contributed by atoms with Crippen LogP contribution >= 0.6 is 0 Å². The van der Waals surface area contributed by atoms with Gasteiger partial charge in [0.2, 0.25) is 0 Å². The minimum absolute atomic E-state index is 0.469. The van der Waals surface area contributed by atoms with Gasteiger partial charge in [0.1, 0.15) is 5.66 Å². The fourth-order valence-corrected chi connectivity index (χ4v) is 4.33. The first-order valence-corrected chi connectivity index (χ1v) is 10.4. The lowest BCUT2D eigenvalue weighted by atomic mass is 9.86. The van der Waals surface area contributed by atoms with E-state index in [0.29, 0.717) is 0 Å². The Balaban J connectivity index is 1.99. The molecule has 4 heteroatoms. The summed E-state index contributed by atoms with van der Waals surface area (Å²) in [6.07, 6.45) is 9.34. The Morgan fingerprint density at radius 1 is 1.12 bits per heavy atom. The molecule has 0 radical (unpaired) electrons. The average Bonchev–Trinajstić information content (AvgIpc) is 2.66. The van der Waals surface area contributed by atoms with E-state index in [1.165, 1.54) is 37.1 Å². The first kappa shape index (κ1) is 19.1. The minimum atomic E-state index is -0.469. The standard InChI is InChI=1S/C22H34N4/c1-4-7-8-11-17-26-19-14-10-9-13-18(19)24-21-20(26)15-12-16-22(21,23)25(5-2)6-3/h9-10,13-15H,4-8,11-12,16-17,23H2,1-3H3. The lowest BCUT2D eigenvalue weighted by Gasteiger charge is -2.47. The van der Waals surface area contributed by atoms with Crippen LogP contribution in [-0.4, -0.2) is 35.9 Å². The molecule has 0 fully saturated rings. The molecule has 0 bridgehead atoms. The number of hydrogen-bond donors (Lipinski definition) is 1. The Kier molecular flexibility index (Phi) is 6.15. The summed E-state index contributed by atoms with van der Waals surface area (Å²) in [6.45, 7) is 9.56. The van der Waals surface area contributed by atoms with Gasteiger partial charge in [-0.2, -0.15) is 0 Å². The molecule has 1 unspecified atom stereocenters. The summed E-state index contributed by atoms with van der Waals surface area (Å²) in [7, 11) is 0. The fourth-order valence-electron chi connectivity index (χ4n) is 4.33. The summed E-state index contributed by atoms with van der Waals surface area (Å²) < 4.78 is 0. The van der Waals surface area contributed by atoms with Gasteiger partial charge in [-0.25, -0.2) is 4.99 Å². The molecule has 0 saturated heterocycles. The Hall–Kier alpha value is -1.65. The quantitative estimate of drug-likeness (QED) is 0.537. The molecule has 1 aromatic carbocycles. The maximum atomic E-state index is 7.00. The molecule has 2 aliphatic rings. The van der Waals surface area contributed by atoms with E-state index in [1.807, 2.05) is 0 Å². The Morgan fingerprint density at radius 2 is 1.88 bits per heavy atom. The van der Waals surface area contributed by atoms with E-state index in [0.717, 1.165) is 43.9 Å². The van der Waals surface area contributed by atoms with Crippen molar-refractivity contribution in [1.82, 2.24) is 4.90 Å². The molecule has 3 rings (SSSR count). The lowest BCUT2D eigenvalue weighted by Crippen LogP contribution is -2.64. The van der Waals surface area contributed by atoms with Gasteiger partial charge in [-0.1, -0.05) is 58.2 Å². The van der Waals surface area contributed by atoms with Crippen LogP contribution in [0.25, 0.3) is 0 Å². The molecule has 0 spiro atoms. The number of hydrogen-bond acceptors (Lipinski definition) is 4. The second-order valence-electron chi connectivity index (χ2n) is 7.39. The van der Waals surface area contributed by atoms with Crippen molar-refractivity contribution in [3.05, 3.63) is 36.0 Å². The van der Waals surface area contributed by atoms with Crippen molar-refractivity contribution in [2.24, 2.45) is 10.7 Å². The van der Waals surface area contributed by atoms with Gasteiger partial charge in [0.25, 0.3) is 0 Å². The van der Waals surface area contributed by atoms with Crippen molar-refractivity contribution in [3.63, 3.8) is 0 Å². The molecular formula is C22H34N4. The van der Waals surface area contributed by atoms with Gasteiger partial charge in [0.05, 0.1) is 22.8 Å². The van der Waals surface area contributed by atoms with Crippen molar-refractivity contribution < 1.29 is 0 Å². The summed E-state index contributed by atoms with van der Waals surface area (Å²) >= 11 is 0. The van der Waals surface area contributed by atoms with E-state index >= 15 is 0 Å². The van der Waals surface area contributed by atoms with E-state index in [1.54, 1.807) is 0 Å². The number of para-hydroxylation sites is 2. The van der Waals surface area contributed by atoms with Crippen LogP contribution in [0.5, 0.6) is 0 Å². The molecule has 1 aliphatic heterocycles. The van der Waals surface area contributed by atoms with Crippen LogP contribution in [0, 0.1) is 0 Å². The molecule has 142 valence electrons. The second kappa shape index (κ2) is 8.36. The van der Waals surface area contributed by atoms with Crippen molar-refractivity contribution in [1.29, 1.82) is 0 Å². The van der Waals surface area contributed by atoms with E-state index in [-0.39, 0.29) is 0 Å². The van der Waals surface area contributed by atoms with Gasteiger partial charge >= 0.3 is 0 Å². The van der Waals surface area contributed by atoms with Crippen LogP contribution in [0.3, 0.4) is 0 Å². The highest BCUT2D eigenvalue weighted by Crippen LogP contribution is 2.41. The molecule has 1 atom stereocenters. The summed E-state index contributed by atoms with van der Waals surface area (Å²) in [4.78, 5) is 9.91. The number of fused-ring (bicyclic) bond motifs is 2. The van der Waals surface area contributed by atoms with Crippen molar-refractivity contribution in [2.75, 3.05) is 24.5 Å². The number of allylic oxidation sites excluding steroid dienone is 1. The normalized spacial score (nSPS) is 22.0. The summed E-state index contributed by atoms with van der Waals surface area (Å²) in [5.41, 5.74) is 11.1. The maximum Gasteiger partial charge on any atom is 0.115 e. The Bertz CT molecular complexity index is 674. The van der Waals surface area contributed by atoms with E-state index in [2.05, 4.69) is 60.9 Å². The van der Waals surface area contributed by atoms with Crippen LogP contribution in [0.1, 0.15) is 59.3 Å². The maximum absolute atomic E-state index is 7.00.